The van der Waals surface area contributed by atoms with Gasteiger partial charge in [-0.1, -0.05) is 49.4 Å². The van der Waals surface area contributed by atoms with Crippen molar-refractivity contribution in [3.63, 3.8) is 0 Å². The number of ether oxygens (including phenoxy) is 2. The highest BCUT2D eigenvalue weighted by atomic mass is 16.6. The van der Waals surface area contributed by atoms with Gasteiger partial charge >= 0.3 is 12.1 Å². The fraction of sp³-hybridized carbons (Fsp3) is 0.531. The molecule has 0 saturated heterocycles. The summed E-state index contributed by atoms with van der Waals surface area (Å²) in [5.41, 5.74) is 1.03. The summed E-state index contributed by atoms with van der Waals surface area (Å²) in [5.74, 6) is 0.543. The molecular weight excluding hydrogens is 506 g/mol. The Bertz CT molecular complexity index is 1090. The summed E-state index contributed by atoms with van der Waals surface area (Å²) in [5, 5.41) is 3.02. The molecule has 2 aromatic carbocycles. The van der Waals surface area contributed by atoms with Crippen molar-refractivity contribution in [2.75, 3.05) is 20.1 Å². The maximum atomic E-state index is 13.1. The molecule has 0 heterocycles. The van der Waals surface area contributed by atoms with E-state index in [0.29, 0.717) is 26.0 Å². The van der Waals surface area contributed by atoms with E-state index in [1.54, 1.807) is 14.0 Å². The summed E-state index contributed by atoms with van der Waals surface area (Å²) in [4.78, 5) is 41.0. The lowest BCUT2D eigenvalue weighted by Crippen LogP contribution is -2.53. The van der Waals surface area contributed by atoms with Crippen molar-refractivity contribution in [2.45, 2.75) is 85.5 Å². The molecule has 8 heteroatoms. The Kier molecular flexibility index (Phi) is 12.0. The van der Waals surface area contributed by atoms with Crippen LogP contribution in [0.2, 0.25) is 0 Å². The quantitative estimate of drug-likeness (QED) is 0.327. The van der Waals surface area contributed by atoms with Gasteiger partial charge in [-0.3, -0.25) is 9.69 Å². The van der Waals surface area contributed by atoms with Gasteiger partial charge in [0.25, 0.3) is 0 Å². The monoisotopic (exact) mass is 553 g/mol. The number of nitrogens with zero attached hydrogens (tertiary/aromatic N) is 2. The van der Waals surface area contributed by atoms with Crippen molar-refractivity contribution < 1.29 is 23.9 Å². The van der Waals surface area contributed by atoms with E-state index in [-0.39, 0.29) is 24.8 Å². The summed E-state index contributed by atoms with van der Waals surface area (Å²) in [7, 11) is 1.68. The molecule has 2 rings (SSSR count). The lowest BCUT2D eigenvalue weighted by Gasteiger charge is -2.30. The van der Waals surface area contributed by atoms with Gasteiger partial charge in [-0.15, -0.1) is 0 Å². The van der Waals surface area contributed by atoms with Crippen LogP contribution in [0.4, 0.5) is 9.59 Å². The average Bonchev–Trinajstić information content (AvgIpc) is 2.86. The van der Waals surface area contributed by atoms with E-state index >= 15 is 0 Å². The molecule has 0 fully saturated rings. The second-order valence-electron chi connectivity index (χ2n) is 12.0. The zero-order chi connectivity index (χ0) is 29.9. The number of hydrogen-bond donors (Lipinski definition) is 1. The second-order valence-corrected chi connectivity index (χ2v) is 12.0. The van der Waals surface area contributed by atoms with Crippen LogP contribution in [0.3, 0.4) is 0 Å². The molecule has 0 spiro atoms. The molecule has 0 aliphatic carbocycles. The molecule has 2 aromatic rings. The van der Waals surface area contributed by atoms with Crippen molar-refractivity contribution >= 4 is 18.0 Å². The van der Waals surface area contributed by atoms with Gasteiger partial charge in [-0.2, -0.15) is 0 Å². The number of urea groups is 1. The Balaban J connectivity index is 1.84. The molecule has 0 aromatic heterocycles. The first kappa shape index (κ1) is 32.7. The van der Waals surface area contributed by atoms with Crippen LogP contribution in [-0.2, 0) is 22.6 Å². The van der Waals surface area contributed by atoms with Crippen LogP contribution in [0.25, 0.3) is 0 Å². The van der Waals surface area contributed by atoms with Crippen LogP contribution in [-0.4, -0.2) is 59.1 Å². The van der Waals surface area contributed by atoms with Crippen molar-refractivity contribution in [3.05, 3.63) is 65.7 Å². The minimum Gasteiger partial charge on any atom is -0.489 e. The number of rotatable bonds is 12. The molecular formula is C32H47N3O5. The minimum absolute atomic E-state index is 0.00475. The molecule has 0 aliphatic rings. The summed E-state index contributed by atoms with van der Waals surface area (Å²) < 4.78 is 11.2. The number of hydrogen-bond acceptors (Lipinski definition) is 5. The van der Waals surface area contributed by atoms with Crippen molar-refractivity contribution in [2.24, 2.45) is 5.92 Å². The van der Waals surface area contributed by atoms with Gasteiger partial charge in [0.1, 0.15) is 18.0 Å². The summed E-state index contributed by atoms with van der Waals surface area (Å²) >= 11 is 0. The van der Waals surface area contributed by atoms with Gasteiger partial charge in [0.05, 0.1) is 0 Å². The first-order valence-electron chi connectivity index (χ1n) is 14.0. The smallest absolute Gasteiger partial charge is 0.410 e. The first-order chi connectivity index (χ1) is 18.7. The Hall–Kier alpha value is -3.55. The molecule has 40 heavy (non-hydrogen) atoms. The van der Waals surface area contributed by atoms with E-state index in [4.69, 9.17) is 9.47 Å². The van der Waals surface area contributed by atoms with Gasteiger partial charge in [-0.25, -0.2) is 9.59 Å². The zero-order valence-corrected chi connectivity index (χ0v) is 25.5. The van der Waals surface area contributed by atoms with Crippen molar-refractivity contribution in [1.82, 2.24) is 15.1 Å². The maximum Gasteiger partial charge on any atom is 0.410 e. The lowest BCUT2D eigenvalue weighted by atomic mass is 9.95. The number of imide groups is 1. The summed E-state index contributed by atoms with van der Waals surface area (Å²) in [6, 6.07) is 17.4. The van der Waals surface area contributed by atoms with Gasteiger partial charge in [0, 0.05) is 32.1 Å². The van der Waals surface area contributed by atoms with Crippen LogP contribution >= 0.6 is 0 Å². The molecule has 4 amide bonds. The van der Waals surface area contributed by atoms with Crippen LogP contribution in [0.5, 0.6) is 5.75 Å². The summed E-state index contributed by atoms with van der Waals surface area (Å²) in [6.07, 6.45) is 1.04. The normalized spacial score (nSPS) is 12.3. The third-order valence-corrected chi connectivity index (χ3v) is 6.31. The van der Waals surface area contributed by atoms with E-state index < -0.39 is 23.3 Å². The largest absolute Gasteiger partial charge is 0.489 e. The van der Waals surface area contributed by atoms with E-state index in [1.165, 1.54) is 9.80 Å². The SMILES string of the molecule is CCN(C(=O)CC(C)CCN(C)C(=O)OC(C)(C)C)C(=O)NC(C)(C)Cc1ccc(OCc2ccccc2)cc1. The number of amides is 4. The topological polar surface area (TPSA) is 88.2 Å². The average molecular weight is 554 g/mol. The number of nitrogens with one attached hydrogen (secondary N) is 1. The molecule has 1 N–H and O–H groups in total. The molecule has 220 valence electrons. The lowest BCUT2D eigenvalue weighted by molar-refractivity contribution is -0.129. The van der Waals surface area contributed by atoms with Crippen LogP contribution in [0.1, 0.15) is 72.4 Å². The van der Waals surface area contributed by atoms with Gasteiger partial charge in [-0.05, 0) is 83.6 Å². The maximum absolute atomic E-state index is 13.1. The predicted molar refractivity (Wildman–Crippen MR) is 158 cm³/mol. The van der Waals surface area contributed by atoms with Crippen molar-refractivity contribution in [3.8, 4) is 5.75 Å². The standard InChI is InChI=1S/C32H47N3O5/c1-9-35(28(36)21-24(2)19-20-34(8)30(38)40-31(3,4)5)29(37)33-32(6,7)22-25-15-17-27(18-16-25)39-23-26-13-11-10-12-14-26/h10-18,24H,9,19-23H2,1-8H3,(H,33,37). The molecule has 0 radical (unpaired) electrons. The number of benzene rings is 2. The van der Waals surface area contributed by atoms with E-state index in [2.05, 4.69) is 5.32 Å². The molecule has 1 atom stereocenters. The van der Waals surface area contributed by atoms with Gasteiger partial charge in [0.2, 0.25) is 5.91 Å². The van der Waals surface area contributed by atoms with Crippen LogP contribution in [0.15, 0.2) is 54.6 Å². The molecule has 1 unspecified atom stereocenters. The second kappa shape index (κ2) is 14.7. The molecule has 8 nitrogen and oxygen atoms in total. The highest BCUT2D eigenvalue weighted by Gasteiger charge is 2.28. The van der Waals surface area contributed by atoms with Crippen LogP contribution in [0, 0.1) is 5.92 Å². The fourth-order valence-electron chi connectivity index (χ4n) is 4.14. The molecule has 0 bridgehead atoms. The van der Waals surface area contributed by atoms with Crippen molar-refractivity contribution in [1.29, 1.82) is 0 Å². The Morgan fingerprint density at radius 3 is 2.12 bits per heavy atom. The fourth-order valence-corrected chi connectivity index (χ4v) is 4.14. The number of carbonyl (C=O) groups excluding carboxylic acids is 3. The third kappa shape index (κ3) is 11.7. The van der Waals surface area contributed by atoms with Gasteiger partial charge < -0.3 is 19.7 Å². The van der Waals surface area contributed by atoms with E-state index in [0.717, 1.165) is 16.9 Å². The van der Waals surface area contributed by atoms with Crippen LogP contribution < -0.4 is 10.1 Å². The highest BCUT2D eigenvalue weighted by molar-refractivity contribution is 5.94. The minimum atomic E-state index is -0.570. The van der Waals surface area contributed by atoms with Gasteiger partial charge in [0.15, 0.2) is 0 Å². The first-order valence-corrected chi connectivity index (χ1v) is 14.0. The Morgan fingerprint density at radius 2 is 1.55 bits per heavy atom. The Morgan fingerprint density at radius 1 is 0.925 bits per heavy atom. The molecule has 0 saturated carbocycles. The van der Waals surface area contributed by atoms with E-state index in [1.807, 2.05) is 96.1 Å². The third-order valence-electron chi connectivity index (χ3n) is 6.31. The zero-order valence-electron chi connectivity index (χ0n) is 25.5. The number of carbonyl (C=O) groups is 3. The van der Waals surface area contributed by atoms with E-state index in [9.17, 15) is 14.4 Å². The summed E-state index contributed by atoms with van der Waals surface area (Å²) in [6.45, 7) is 14.3. The predicted octanol–water partition coefficient (Wildman–Crippen LogP) is 6.43. The Labute approximate surface area is 240 Å². The highest BCUT2D eigenvalue weighted by Crippen LogP contribution is 2.19. The molecule has 0 aliphatic heterocycles.